The van der Waals surface area contributed by atoms with Gasteiger partial charge in [-0.1, -0.05) is 35.9 Å². The van der Waals surface area contributed by atoms with Gasteiger partial charge >= 0.3 is 12.4 Å². The highest BCUT2D eigenvalue weighted by atomic mass is 35.5. The number of anilines is 1. The van der Waals surface area contributed by atoms with Crippen LogP contribution in [-0.4, -0.2) is 35.7 Å². The molecule has 3 nitrogen and oxygen atoms in total. The SMILES string of the molecule is CCN(CC(O)c1cccc(Cl)c1)c1ccc(C(O)(C(F)(F)F)C(F)(F)F)cc1. The lowest BCUT2D eigenvalue weighted by molar-refractivity contribution is -0.376. The molecule has 2 aromatic carbocycles. The number of benzene rings is 2. The predicted octanol–water partition coefficient (Wildman–Crippen LogP) is 5.21. The number of nitrogens with zero attached hydrogens (tertiary/aromatic N) is 1. The molecule has 0 heterocycles. The van der Waals surface area contributed by atoms with Crippen LogP contribution in [-0.2, 0) is 5.60 Å². The molecule has 1 atom stereocenters. The van der Waals surface area contributed by atoms with E-state index < -0.39 is 29.6 Å². The van der Waals surface area contributed by atoms with Crippen molar-refractivity contribution in [3.63, 3.8) is 0 Å². The molecular weight excluding hydrogens is 424 g/mol. The van der Waals surface area contributed by atoms with Crippen molar-refractivity contribution in [3.8, 4) is 0 Å². The third kappa shape index (κ3) is 4.79. The van der Waals surface area contributed by atoms with Crippen molar-refractivity contribution < 1.29 is 36.6 Å². The smallest absolute Gasteiger partial charge is 0.387 e. The van der Waals surface area contributed by atoms with Crippen LogP contribution >= 0.6 is 11.6 Å². The van der Waals surface area contributed by atoms with E-state index in [4.69, 9.17) is 11.6 Å². The summed E-state index contributed by atoms with van der Waals surface area (Å²) in [6.07, 6.45) is -12.9. The van der Waals surface area contributed by atoms with E-state index >= 15 is 0 Å². The Balaban J connectivity index is 2.29. The number of halogens is 7. The highest BCUT2D eigenvalue weighted by Crippen LogP contribution is 2.50. The third-order valence-corrected chi connectivity index (χ3v) is 4.71. The van der Waals surface area contributed by atoms with Crippen molar-refractivity contribution in [2.45, 2.75) is 31.0 Å². The van der Waals surface area contributed by atoms with Crippen molar-refractivity contribution in [1.82, 2.24) is 0 Å². The van der Waals surface area contributed by atoms with Crippen LogP contribution in [0.4, 0.5) is 32.0 Å². The fraction of sp³-hybridized carbons (Fsp3) is 0.368. The van der Waals surface area contributed by atoms with Crippen LogP contribution in [0.5, 0.6) is 0 Å². The molecule has 2 rings (SSSR count). The first-order chi connectivity index (χ1) is 13.3. The molecule has 0 spiro atoms. The van der Waals surface area contributed by atoms with Crippen molar-refractivity contribution in [2.75, 3.05) is 18.0 Å². The molecule has 2 N–H and O–H groups in total. The van der Waals surface area contributed by atoms with Gasteiger partial charge in [-0.3, -0.25) is 0 Å². The lowest BCUT2D eigenvalue weighted by Crippen LogP contribution is -2.53. The molecule has 0 bridgehead atoms. The minimum atomic E-state index is -5.94. The maximum Gasteiger partial charge on any atom is 0.430 e. The van der Waals surface area contributed by atoms with Crippen LogP contribution in [0.15, 0.2) is 48.5 Å². The van der Waals surface area contributed by atoms with Gasteiger partial charge in [0.05, 0.1) is 6.10 Å². The maximum absolute atomic E-state index is 13.0. The van der Waals surface area contributed by atoms with Crippen molar-refractivity contribution in [1.29, 1.82) is 0 Å². The first-order valence-electron chi connectivity index (χ1n) is 8.46. The van der Waals surface area contributed by atoms with Crippen LogP contribution in [0.25, 0.3) is 0 Å². The zero-order valence-electron chi connectivity index (χ0n) is 15.1. The summed E-state index contributed by atoms with van der Waals surface area (Å²) in [6, 6.07) is 9.67. The van der Waals surface area contributed by atoms with Crippen molar-refractivity contribution >= 4 is 17.3 Å². The number of hydrogen-bond donors (Lipinski definition) is 2. The monoisotopic (exact) mass is 441 g/mol. The van der Waals surface area contributed by atoms with Gasteiger partial charge in [0, 0.05) is 29.4 Å². The van der Waals surface area contributed by atoms with Crippen LogP contribution in [0.3, 0.4) is 0 Å². The summed E-state index contributed by atoms with van der Waals surface area (Å²) < 4.78 is 77.9. The molecule has 0 saturated carbocycles. The number of aliphatic hydroxyl groups is 2. The van der Waals surface area contributed by atoms with Gasteiger partial charge in [0.1, 0.15) is 0 Å². The number of hydrogen-bond acceptors (Lipinski definition) is 3. The Bertz CT molecular complexity index is 809. The summed E-state index contributed by atoms with van der Waals surface area (Å²) in [7, 11) is 0. The molecule has 2 aromatic rings. The number of rotatable bonds is 6. The molecule has 0 fully saturated rings. The molecule has 0 saturated heterocycles. The highest BCUT2D eigenvalue weighted by molar-refractivity contribution is 6.30. The van der Waals surface area contributed by atoms with Crippen LogP contribution in [0.2, 0.25) is 5.02 Å². The zero-order valence-corrected chi connectivity index (χ0v) is 15.9. The fourth-order valence-electron chi connectivity index (χ4n) is 2.85. The summed E-state index contributed by atoms with van der Waals surface area (Å²) in [5.74, 6) is 0. The first kappa shape index (κ1) is 23.3. The molecule has 0 aliphatic carbocycles. The van der Waals surface area contributed by atoms with Gasteiger partial charge in [-0.05, 0) is 36.8 Å². The number of aliphatic hydroxyl groups excluding tert-OH is 1. The molecule has 0 aliphatic rings. The molecule has 10 heteroatoms. The molecule has 160 valence electrons. The average Bonchev–Trinajstić information content (AvgIpc) is 2.63. The molecular formula is C19H18ClF6NO2. The van der Waals surface area contributed by atoms with Gasteiger partial charge in [0.25, 0.3) is 5.60 Å². The molecule has 0 aromatic heterocycles. The average molecular weight is 442 g/mol. The Morgan fingerprint density at radius 2 is 1.52 bits per heavy atom. The standard InChI is InChI=1S/C19H18ClF6NO2/c1-2-27(11-16(28)12-4-3-5-14(20)10-12)15-8-6-13(7-9-15)17(29,18(21,22)23)19(24,25)26/h3-10,16,28-29H,2,11H2,1H3. The minimum Gasteiger partial charge on any atom is -0.387 e. The summed E-state index contributed by atoms with van der Waals surface area (Å²) >= 11 is 5.88. The maximum atomic E-state index is 13.0. The molecule has 0 radical (unpaired) electrons. The van der Waals surface area contributed by atoms with Gasteiger partial charge in [0.15, 0.2) is 0 Å². The summed E-state index contributed by atoms with van der Waals surface area (Å²) in [5, 5.41) is 20.2. The molecule has 1 unspecified atom stereocenters. The van der Waals surface area contributed by atoms with E-state index in [0.717, 1.165) is 12.1 Å². The Kier molecular flexibility index (Phi) is 6.76. The largest absolute Gasteiger partial charge is 0.430 e. The normalized spacial score (nSPS) is 14.0. The van der Waals surface area contributed by atoms with E-state index in [1.54, 1.807) is 36.1 Å². The molecule has 0 aliphatic heterocycles. The van der Waals surface area contributed by atoms with E-state index in [1.807, 2.05) is 0 Å². The van der Waals surface area contributed by atoms with E-state index in [1.165, 1.54) is 0 Å². The Morgan fingerprint density at radius 1 is 0.966 bits per heavy atom. The molecule has 0 amide bonds. The summed E-state index contributed by atoms with van der Waals surface area (Å²) in [4.78, 5) is 1.57. The third-order valence-electron chi connectivity index (χ3n) is 4.48. The Morgan fingerprint density at radius 3 is 1.97 bits per heavy atom. The van der Waals surface area contributed by atoms with Crippen LogP contribution in [0.1, 0.15) is 24.2 Å². The topological polar surface area (TPSA) is 43.7 Å². The second kappa shape index (κ2) is 8.41. The van der Waals surface area contributed by atoms with Crippen LogP contribution < -0.4 is 4.90 Å². The van der Waals surface area contributed by atoms with Gasteiger partial charge < -0.3 is 15.1 Å². The van der Waals surface area contributed by atoms with Crippen molar-refractivity contribution in [3.05, 3.63) is 64.7 Å². The summed E-state index contributed by atoms with van der Waals surface area (Å²) in [5.41, 5.74) is -5.52. The van der Waals surface area contributed by atoms with E-state index in [0.29, 0.717) is 29.3 Å². The summed E-state index contributed by atoms with van der Waals surface area (Å²) in [6.45, 7) is 2.05. The fourth-order valence-corrected chi connectivity index (χ4v) is 3.05. The van der Waals surface area contributed by atoms with Gasteiger partial charge in [0.2, 0.25) is 0 Å². The quantitative estimate of drug-likeness (QED) is 0.605. The number of alkyl halides is 6. The van der Waals surface area contributed by atoms with Gasteiger partial charge in [-0.2, -0.15) is 26.3 Å². The van der Waals surface area contributed by atoms with E-state index in [2.05, 4.69) is 0 Å². The Labute approximate surface area is 168 Å². The van der Waals surface area contributed by atoms with Gasteiger partial charge in [-0.25, -0.2) is 0 Å². The first-order valence-corrected chi connectivity index (χ1v) is 8.84. The number of likely N-dealkylation sites (N-methyl/N-ethyl adjacent to an activating group) is 1. The molecule has 29 heavy (non-hydrogen) atoms. The minimum absolute atomic E-state index is 0.0268. The lowest BCUT2D eigenvalue weighted by Gasteiger charge is -2.33. The zero-order chi connectivity index (χ0) is 22.0. The predicted molar refractivity (Wildman–Crippen MR) is 96.7 cm³/mol. The lowest BCUT2D eigenvalue weighted by atomic mass is 9.92. The highest BCUT2D eigenvalue weighted by Gasteiger charge is 2.71. The van der Waals surface area contributed by atoms with Crippen molar-refractivity contribution in [2.24, 2.45) is 0 Å². The van der Waals surface area contributed by atoms with E-state index in [-0.39, 0.29) is 12.2 Å². The second-order valence-electron chi connectivity index (χ2n) is 6.36. The van der Waals surface area contributed by atoms with Gasteiger partial charge in [-0.15, -0.1) is 0 Å². The van der Waals surface area contributed by atoms with Crippen LogP contribution in [0, 0.1) is 0 Å². The van der Waals surface area contributed by atoms with E-state index in [9.17, 15) is 36.6 Å². The Hall–Kier alpha value is -1.97. The second-order valence-corrected chi connectivity index (χ2v) is 6.80.